The average Bonchev–Trinajstić information content (AvgIpc) is 2.53. The fourth-order valence-corrected chi connectivity index (χ4v) is 3.29. The van der Waals surface area contributed by atoms with E-state index in [1.165, 1.54) is 38.2 Å². The van der Waals surface area contributed by atoms with Crippen LogP contribution in [0.1, 0.15) is 32.1 Å². The Balaban J connectivity index is 1.60. The van der Waals surface area contributed by atoms with Gasteiger partial charge in [-0.2, -0.15) is 0 Å². The van der Waals surface area contributed by atoms with Crippen molar-refractivity contribution >= 4 is 17.6 Å². The van der Waals surface area contributed by atoms with Crippen LogP contribution in [0.3, 0.4) is 0 Å². The highest BCUT2D eigenvalue weighted by Crippen LogP contribution is 2.31. The van der Waals surface area contributed by atoms with Gasteiger partial charge in [0, 0.05) is 0 Å². The molecule has 1 saturated carbocycles. The van der Waals surface area contributed by atoms with Crippen molar-refractivity contribution < 1.29 is 19.4 Å². The smallest absolute Gasteiger partial charge is 0.311 e. The summed E-state index contributed by atoms with van der Waals surface area (Å²) in [5.41, 5.74) is 0.600. The first kappa shape index (κ1) is 16.6. The van der Waals surface area contributed by atoms with E-state index in [2.05, 4.69) is 5.32 Å². The zero-order valence-corrected chi connectivity index (χ0v) is 13.6. The second-order valence-electron chi connectivity index (χ2n) is 6.58. The van der Waals surface area contributed by atoms with E-state index >= 15 is 0 Å². The van der Waals surface area contributed by atoms with E-state index < -0.39 is 17.8 Å². The van der Waals surface area contributed by atoms with E-state index in [9.17, 15) is 9.59 Å². The molecule has 0 bridgehead atoms. The molecule has 0 saturated heterocycles. The molecule has 2 atom stereocenters. The van der Waals surface area contributed by atoms with Crippen LogP contribution in [0.15, 0.2) is 36.4 Å². The molecule has 0 radical (unpaired) electrons. The van der Waals surface area contributed by atoms with Crippen LogP contribution >= 0.6 is 0 Å². The molecule has 0 aliphatic heterocycles. The molecule has 0 heterocycles. The number of carboxylic acids is 1. The van der Waals surface area contributed by atoms with Crippen molar-refractivity contribution in [3.05, 3.63) is 36.4 Å². The summed E-state index contributed by atoms with van der Waals surface area (Å²) >= 11 is 0. The third kappa shape index (κ3) is 3.78. The van der Waals surface area contributed by atoms with E-state index in [-0.39, 0.29) is 5.91 Å². The minimum Gasteiger partial charge on any atom is -0.491 e. The van der Waals surface area contributed by atoms with Gasteiger partial charge >= 0.3 is 5.97 Å². The number of ether oxygens (including phenoxy) is 1. The van der Waals surface area contributed by atoms with Gasteiger partial charge in [0.1, 0.15) is 5.75 Å². The van der Waals surface area contributed by atoms with Crippen LogP contribution in [-0.2, 0) is 9.59 Å². The number of hydrogen-bond donors (Lipinski definition) is 2. The Morgan fingerprint density at radius 3 is 2.46 bits per heavy atom. The van der Waals surface area contributed by atoms with E-state index in [4.69, 9.17) is 9.84 Å². The molecule has 128 valence electrons. The fourth-order valence-electron chi connectivity index (χ4n) is 3.29. The first-order valence-electron chi connectivity index (χ1n) is 8.59. The highest BCUT2D eigenvalue weighted by Gasteiger charge is 2.36. The van der Waals surface area contributed by atoms with Crippen LogP contribution in [-0.4, -0.2) is 23.6 Å². The first-order valence-corrected chi connectivity index (χ1v) is 8.59. The Bertz CT molecular complexity index is 634. The van der Waals surface area contributed by atoms with Gasteiger partial charge in [-0.15, -0.1) is 0 Å². The summed E-state index contributed by atoms with van der Waals surface area (Å²) in [5, 5.41) is 11.9. The minimum absolute atomic E-state index is 0.307. The molecular formula is C19H23NO4. The van der Waals surface area contributed by atoms with Gasteiger partial charge in [0.25, 0.3) is 0 Å². The maximum Gasteiger partial charge on any atom is 0.311 e. The predicted octanol–water partition coefficient (Wildman–Crippen LogP) is 3.47. The molecule has 2 aliphatic rings. The maximum absolute atomic E-state index is 12.3. The topological polar surface area (TPSA) is 75.6 Å². The largest absolute Gasteiger partial charge is 0.491 e. The molecule has 2 N–H and O–H groups in total. The SMILES string of the molecule is O=C(Nc1ccccc1OCC1CCCCC1)[C@H]1C=C[C@H]1C(=O)O. The number of hydrogen-bond acceptors (Lipinski definition) is 3. The van der Waals surface area contributed by atoms with Crippen LogP contribution in [0.2, 0.25) is 0 Å². The number of amides is 1. The van der Waals surface area contributed by atoms with Crippen molar-refractivity contribution in [1.29, 1.82) is 0 Å². The fraction of sp³-hybridized carbons (Fsp3) is 0.474. The van der Waals surface area contributed by atoms with Gasteiger partial charge in [-0.05, 0) is 30.9 Å². The number of carbonyl (C=O) groups excluding carboxylic acids is 1. The van der Waals surface area contributed by atoms with Gasteiger partial charge in [0.05, 0.1) is 24.1 Å². The molecule has 0 unspecified atom stereocenters. The highest BCUT2D eigenvalue weighted by molar-refractivity contribution is 5.99. The molecule has 0 aromatic heterocycles. The first-order chi connectivity index (χ1) is 11.6. The summed E-state index contributed by atoms with van der Waals surface area (Å²) in [5.74, 6) is -1.41. The number of carboxylic acid groups (broad SMARTS) is 1. The van der Waals surface area contributed by atoms with Crippen molar-refractivity contribution in [2.24, 2.45) is 17.8 Å². The Morgan fingerprint density at radius 1 is 1.08 bits per heavy atom. The number of anilines is 1. The van der Waals surface area contributed by atoms with Gasteiger partial charge in [-0.1, -0.05) is 43.5 Å². The number of para-hydroxylation sites is 2. The molecule has 5 heteroatoms. The summed E-state index contributed by atoms with van der Waals surface area (Å²) < 4.78 is 5.93. The van der Waals surface area contributed by atoms with Gasteiger partial charge in [-0.25, -0.2) is 0 Å². The summed E-state index contributed by atoms with van der Waals surface area (Å²) in [6.07, 6.45) is 9.39. The molecular weight excluding hydrogens is 306 g/mol. The van der Waals surface area contributed by atoms with Gasteiger partial charge < -0.3 is 15.2 Å². The van der Waals surface area contributed by atoms with Gasteiger partial charge in [0.15, 0.2) is 0 Å². The molecule has 3 rings (SSSR count). The van der Waals surface area contributed by atoms with E-state index in [1.54, 1.807) is 12.1 Å². The van der Waals surface area contributed by atoms with Crippen molar-refractivity contribution in [3.8, 4) is 5.75 Å². The summed E-state index contributed by atoms with van der Waals surface area (Å²) in [6.45, 7) is 0.661. The standard InChI is InChI=1S/C19H23NO4/c21-18(14-10-11-15(14)19(22)23)20-16-8-4-5-9-17(16)24-12-13-6-2-1-3-7-13/h4-5,8-11,13-15H,1-3,6-7,12H2,(H,20,21)(H,22,23)/t14-,15+/m0/s1. The maximum atomic E-state index is 12.3. The van der Waals surface area contributed by atoms with E-state index in [0.29, 0.717) is 24.0 Å². The second kappa shape index (κ2) is 7.51. The van der Waals surface area contributed by atoms with Crippen molar-refractivity contribution in [2.45, 2.75) is 32.1 Å². The number of nitrogens with one attached hydrogen (secondary N) is 1. The Kier molecular flexibility index (Phi) is 5.18. The molecule has 1 aromatic carbocycles. The quantitative estimate of drug-likeness (QED) is 0.784. The molecule has 2 aliphatic carbocycles. The predicted molar refractivity (Wildman–Crippen MR) is 90.9 cm³/mol. The normalized spacial score (nSPS) is 23.3. The van der Waals surface area contributed by atoms with Crippen LogP contribution in [0.25, 0.3) is 0 Å². The summed E-state index contributed by atoms with van der Waals surface area (Å²) in [4.78, 5) is 23.3. The van der Waals surface area contributed by atoms with Crippen LogP contribution in [0.4, 0.5) is 5.69 Å². The zero-order valence-electron chi connectivity index (χ0n) is 13.6. The molecule has 24 heavy (non-hydrogen) atoms. The molecule has 0 spiro atoms. The molecule has 5 nitrogen and oxygen atoms in total. The third-order valence-corrected chi connectivity index (χ3v) is 4.84. The number of rotatable bonds is 6. The molecule has 1 amide bonds. The van der Waals surface area contributed by atoms with Crippen LogP contribution in [0, 0.1) is 17.8 Å². The van der Waals surface area contributed by atoms with Crippen molar-refractivity contribution in [3.63, 3.8) is 0 Å². The van der Waals surface area contributed by atoms with E-state index in [1.807, 2.05) is 18.2 Å². The Hall–Kier alpha value is -2.30. The highest BCUT2D eigenvalue weighted by atomic mass is 16.5. The monoisotopic (exact) mass is 329 g/mol. The Morgan fingerprint density at radius 2 is 1.79 bits per heavy atom. The summed E-state index contributed by atoms with van der Waals surface area (Å²) in [7, 11) is 0. The van der Waals surface area contributed by atoms with Crippen LogP contribution in [0.5, 0.6) is 5.75 Å². The van der Waals surface area contributed by atoms with Crippen LogP contribution < -0.4 is 10.1 Å². The molecule has 1 aromatic rings. The lowest BCUT2D eigenvalue weighted by molar-refractivity contribution is -0.144. The lowest BCUT2D eigenvalue weighted by atomic mass is 9.81. The zero-order chi connectivity index (χ0) is 16.9. The average molecular weight is 329 g/mol. The van der Waals surface area contributed by atoms with Crippen molar-refractivity contribution in [2.75, 3.05) is 11.9 Å². The number of benzene rings is 1. The number of aliphatic carboxylic acids is 1. The summed E-state index contributed by atoms with van der Waals surface area (Å²) in [6, 6.07) is 7.32. The van der Waals surface area contributed by atoms with Crippen molar-refractivity contribution in [1.82, 2.24) is 0 Å². The number of carbonyl (C=O) groups is 2. The lowest BCUT2D eigenvalue weighted by Crippen LogP contribution is -2.36. The second-order valence-corrected chi connectivity index (χ2v) is 6.58. The van der Waals surface area contributed by atoms with E-state index in [0.717, 1.165) is 0 Å². The Labute approximate surface area is 141 Å². The minimum atomic E-state index is -0.973. The van der Waals surface area contributed by atoms with Gasteiger partial charge in [-0.3, -0.25) is 9.59 Å². The van der Waals surface area contributed by atoms with Gasteiger partial charge in [0.2, 0.25) is 5.91 Å². The third-order valence-electron chi connectivity index (χ3n) is 4.84. The lowest BCUT2D eigenvalue weighted by Gasteiger charge is -2.25. The molecule has 1 fully saturated rings.